The van der Waals surface area contributed by atoms with Gasteiger partial charge in [-0.05, 0) is 31.5 Å². The van der Waals surface area contributed by atoms with Crippen molar-refractivity contribution in [2.45, 2.75) is 12.8 Å². The van der Waals surface area contributed by atoms with Gasteiger partial charge in [0.25, 0.3) is 0 Å². The first-order chi connectivity index (χ1) is 16.3. The van der Waals surface area contributed by atoms with Gasteiger partial charge in [0.1, 0.15) is 0 Å². The molecule has 4 rings (SSSR count). The van der Waals surface area contributed by atoms with Crippen LogP contribution in [0.25, 0.3) is 28.3 Å². The molecule has 0 aliphatic carbocycles. The van der Waals surface area contributed by atoms with Crippen LogP contribution in [0.15, 0.2) is 29.0 Å². The molecule has 0 aliphatic heterocycles. The van der Waals surface area contributed by atoms with Crippen LogP contribution in [0.5, 0.6) is 0 Å². The molecule has 0 saturated heterocycles. The average Bonchev–Trinajstić information content (AvgIpc) is 3.55. The van der Waals surface area contributed by atoms with Gasteiger partial charge in [-0.3, -0.25) is 4.68 Å². The SMILES string of the molecule is Cl.Cn1cc2c(nc(NCCCOCCOCCOCCCN)n3nc(-c4ccco4)nc23)n1. The lowest BCUT2D eigenvalue weighted by Gasteiger charge is -2.08. The van der Waals surface area contributed by atoms with Crippen molar-refractivity contribution < 1.29 is 18.6 Å². The number of furan rings is 1. The van der Waals surface area contributed by atoms with Crippen molar-refractivity contribution in [3.8, 4) is 11.6 Å². The molecule has 0 atom stereocenters. The zero-order chi connectivity index (χ0) is 22.9. The van der Waals surface area contributed by atoms with E-state index in [4.69, 9.17) is 24.4 Å². The summed E-state index contributed by atoms with van der Waals surface area (Å²) in [5.74, 6) is 1.66. The molecule has 0 saturated carbocycles. The molecule has 4 aromatic rings. The van der Waals surface area contributed by atoms with Crippen LogP contribution >= 0.6 is 12.4 Å². The summed E-state index contributed by atoms with van der Waals surface area (Å²) < 4.78 is 25.3. The predicted molar refractivity (Wildman–Crippen MR) is 129 cm³/mol. The van der Waals surface area contributed by atoms with Crippen molar-refractivity contribution in [3.05, 3.63) is 24.6 Å². The smallest absolute Gasteiger partial charge is 0.228 e. The van der Waals surface area contributed by atoms with E-state index >= 15 is 0 Å². The molecule has 0 aliphatic rings. The lowest BCUT2D eigenvalue weighted by molar-refractivity contribution is 0.0144. The molecule has 4 aromatic heterocycles. The first-order valence-electron chi connectivity index (χ1n) is 11.1. The van der Waals surface area contributed by atoms with Crippen LogP contribution in [-0.2, 0) is 21.3 Å². The fraction of sp³-hybridized carbons (Fsp3) is 0.524. The number of aromatic nitrogens is 6. The second-order valence-electron chi connectivity index (χ2n) is 7.38. The normalized spacial score (nSPS) is 11.4. The van der Waals surface area contributed by atoms with E-state index in [1.54, 1.807) is 21.5 Å². The van der Waals surface area contributed by atoms with Crippen molar-refractivity contribution in [2.24, 2.45) is 12.8 Å². The Morgan fingerprint density at radius 3 is 2.44 bits per heavy atom. The Bertz CT molecular complexity index is 1130. The highest BCUT2D eigenvalue weighted by atomic mass is 35.5. The summed E-state index contributed by atoms with van der Waals surface area (Å²) in [6, 6.07) is 3.63. The lowest BCUT2D eigenvalue weighted by Crippen LogP contribution is -2.13. The Hall–Kier alpha value is -2.77. The zero-order valence-electron chi connectivity index (χ0n) is 19.2. The highest BCUT2D eigenvalue weighted by molar-refractivity contribution is 5.90. The third kappa shape index (κ3) is 6.64. The number of halogens is 1. The second-order valence-corrected chi connectivity index (χ2v) is 7.38. The number of hydrogen-bond acceptors (Lipinski definition) is 10. The largest absolute Gasteiger partial charge is 0.461 e. The molecule has 0 spiro atoms. The van der Waals surface area contributed by atoms with Crippen LogP contribution in [0.1, 0.15) is 12.8 Å². The van der Waals surface area contributed by atoms with E-state index in [2.05, 4.69) is 25.5 Å². The summed E-state index contributed by atoms with van der Waals surface area (Å²) in [6.45, 7) is 4.81. The number of rotatable bonds is 15. The number of nitrogens with one attached hydrogen (secondary N) is 1. The molecule has 0 unspecified atom stereocenters. The van der Waals surface area contributed by atoms with Crippen LogP contribution in [0.3, 0.4) is 0 Å². The maximum Gasteiger partial charge on any atom is 0.228 e. The number of anilines is 1. The van der Waals surface area contributed by atoms with Crippen LogP contribution in [-0.4, -0.2) is 82.1 Å². The van der Waals surface area contributed by atoms with E-state index in [0.717, 1.165) is 18.2 Å². The highest BCUT2D eigenvalue weighted by Gasteiger charge is 2.17. The Morgan fingerprint density at radius 2 is 1.74 bits per heavy atom. The van der Waals surface area contributed by atoms with Gasteiger partial charge in [0.15, 0.2) is 17.1 Å². The number of ether oxygens (including phenoxy) is 3. The summed E-state index contributed by atoms with van der Waals surface area (Å²) in [5, 5.41) is 13.1. The van der Waals surface area contributed by atoms with Crippen molar-refractivity contribution in [1.82, 2.24) is 29.4 Å². The van der Waals surface area contributed by atoms with Gasteiger partial charge in [-0.15, -0.1) is 17.5 Å². The quantitative estimate of drug-likeness (QED) is 0.235. The molecular formula is C21H31ClN8O4. The van der Waals surface area contributed by atoms with E-state index < -0.39 is 0 Å². The molecule has 13 heteroatoms. The fourth-order valence-electron chi connectivity index (χ4n) is 3.23. The topological polar surface area (TPSA) is 140 Å². The van der Waals surface area contributed by atoms with Crippen molar-refractivity contribution >= 4 is 35.0 Å². The highest BCUT2D eigenvalue weighted by Crippen LogP contribution is 2.23. The minimum Gasteiger partial charge on any atom is -0.461 e. The first-order valence-corrected chi connectivity index (χ1v) is 11.1. The number of hydrogen-bond donors (Lipinski definition) is 2. The number of fused-ring (bicyclic) bond motifs is 3. The standard InChI is InChI=1S/C21H30N8O4.ClH/c1-28-15-16-18(26-28)25-21(29-20(16)24-19(27-29)17-5-2-10-33-17)23-7-4-9-31-12-14-32-13-11-30-8-3-6-22;/h2,5,10,15H,3-4,6-9,11-14,22H2,1H3,(H,23,25,26);1H. The molecular weight excluding hydrogens is 464 g/mol. The molecule has 34 heavy (non-hydrogen) atoms. The van der Waals surface area contributed by atoms with Gasteiger partial charge >= 0.3 is 0 Å². The van der Waals surface area contributed by atoms with E-state index in [0.29, 0.717) is 81.6 Å². The van der Waals surface area contributed by atoms with E-state index in [-0.39, 0.29) is 12.4 Å². The third-order valence-corrected chi connectivity index (χ3v) is 4.80. The fourth-order valence-corrected chi connectivity index (χ4v) is 3.23. The van der Waals surface area contributed by atoms with Crippen molar-refractivity contribution in [2.75, 3.05) is 58.0 Å². The molecule has 186 valence electrons. The monoisotopic (exact) mass is 494 g/mol. The summed E-state index contributed by atoms with van der Waals surface area (Å²) in [5.41, 5.74) is 6.68. The number of nitrogens with two attached hydrogens (primary N) is 1. The maximum atomic E-state index is 5.63. The van der Waals surface area contributed by atoms with Crippen LogP contribution in [0.2, 0.25) is 0 Å². The second kappa shape index (κ2) is 13.2. The van der Waals surface area contributed by atoms with E-state index in [1.807, 2.05) is 19.3 Å². The molecule has 0 bridgehead atoms. The van der Waals surface area contributed by atoms with Crippen molar-refractivity contribution in [1.29, 1.82) is 0 Å². The minimum atomic E-state index is 0. The van der Waals surface area contributed by atoms with Gasteiger partial charge in [0, 0.05) is 33.0 Å². The van der Waals surface area contributed by atoms with Gasteiger partial charge in [0.05, 0.1) is 38.1 Å². The summed E-state index contributed by atoms with van der Waals surface area (Å²) in [7, 11) is 1.85. The van der Waals surface area contributed by atoms with Gasteiger partial charge in [-0.2, -0.15) is 14.6 Å². The Kier molecular flexibility index (Phi) is 10.0. The first kappa shape index (κ1) is 25.8. The van der Waals surface area contributed by atoms with Crippen LogP contribution < -0.4 is 11.1 Å². The number of nitrogens with zero attached hydrogens (tertiary/aromatic N) is 6. The number of aryl methyl sites for hydroxylation is 1. The Balaban J connectivity index is 0.00000324. The molecule has 0 fully saturated rings. The summed E-state index contributed by atoms with van der Waals surface area (Å²) in [6.07, 6.45) is 5.14. The predicted octanol–water partition coefficient (Wildman–Crippen LogP) is 1.89. The Morgan fingerprint density at radius 1 is 1.00 bits per heavy atom. The summed E-state index contributed by atoms with van der Waals surface area (Å²) >= 11 is 0. The van der Waals surface area contributed by atoms with Gasteiger partial charge < -0.3 is 29.7 Å². The van der Waals surface area contributed by atoms with Gasteiger partial charge in [0.2, 0.25) is 11.8 Å². The molecule has 0 amide bonds. The molecule has 3 N–H and O–H groups in total. The molecule has 0 radical (unpaired) electrons. The minimum absolute atomic E-state index is 0. The van der Waals surface area contributed by atoms with Crippen LogP contribution in [0, 0.1) is 0 Å². The maximum absolute atomic E-state index is 5.63. The summed E-state index contributed by atoms with van der Waals surface area (Å²) in [4.78, 5) is 9.26. The van der Waals surface area contributed by atoms with E-state index in [1.165, 1.54) is 0 Å². The van der Waals surface area contributed by atoms with Gasteiger partial charge in [-0.25, -0.2) is 4.98 Å². The average molecular weight is 495 g/mol. The molecule has 12 nitrogen and oxygen atoms in total. The lowest BCUT2D eigenvalue weighted by atomic mass is 10.4. The molecule has 0 aromatic carbocycles. The third-order valence-electron chi connectivity index (χ3n) is 4.80. The Labute approximate surface area is 203 Å². The van der Waals surface area contributed by atoms with E-state index in [9.17, 15) is 0 Å². The van der Waals surface area contributed by atoms with Crippen molar-refractivity contribution in [3.63, 3.8) is 0 Å². The molecule has 4 heterocycles. The van der Waals surface area contributed by atoms with Gasteiger partial charge in [-0.1, -0.05) is 0 Å². The van der Waals surface area contributed by atoms with Crippen LogP contribution in [0.4, 0.5) is 5.95 Å². The zero-order valence-corrected chi connectivity index (χ0v) is 20.0.